The van der Waals surface area contributed by atoms with Crippen molar-refractivity contribution in [2.45, 2.75) is 25.7 Å². The molecule has 68 valence electrons. The molecule has 0 spiro atoms. The van der Waals surface area contributed by atoms with Crippen LogP contribution in [0.2, 0.25) is 0 Å². The summed E-state index contributed by atoms with van der Waals surface area (Å²) in [5.74, 6) is 0. The van der Waals surface area contributed by atoms with Gasteiger partial charge in [0.25, 0.3) is 0 Å². The average Bonchev–Trinajstić information content (AvgIpc) is 2.17. The predicted octanol–water partition coefficient (Wildman–Crippen LogP) is 1.59. The van der Waals surface area contributed by atoms with Crippen LogP contribution in [0.4, 0.5) is 0 Å². The van der Waals surface area contributed by atoms with E-state index in [0.717, 1.165) is 18.5 Å². The summed E-state index contributed by atoms with van der Waals surface area (Å²) < 4.78 is 0. The van der Waals surface area contributed by atoms with Crippen LogP contribution in [0.1, 0.15) is 29.8 Å². The zero-order valence-electron chi connectivity index (χ0n) is 7.42. The van der Waals surface area contributed by atoms with E-state index in [0.29, 0.717) is 4.99 Å². The number of nitrogens with zero attached hydrogens (tertiary/aromatic N) is 1. The molecule has 0 fully saturated rings. The SMILES string of the molecule is NC(=S)c1ccc2c(n1)CCCC2. The molecule has 0 bridgehead atoms. The lowest BCUT2D eigenvalue weighted by atomic mass is 9.96. The Bertz CT molecular complexity index is 347. The summed E-state index contributed by atoms with van der Waals surface area (Å²) in [4.78, 5) is 4.84. The van der Waals surface area contributed by atoms with Gasteiger partial charge in [0, 0.05) is 5.69 Å². The van der Waals surface area contributed by atoms with E-state index in [4.69, 9.17) is 18.0 Å². The van der Waals surface area contributed by atoms with Gasteiger partial charge in [-0.3, -0.25) is 4.98 Å². The molecule has 2 N–H and O–H groups in total. The molecular formula is C10H12N2S. The maximum Gasteiger partial charge on any atom is 0.122 e. The Labute approximate surface area is 83.2 Å². The lowest BCUT2D eigenvalue weighted by Gasteiger charge is -2.14. The number of fused-ring (bicyclic) bond motifs is 1. The van der Waals surface area contributed by atoms with Gasteiger partial charge in [-0.25, -0.2) is 0 Å². The fourth-order valence-electron chi connectivity index (χ4n) is 1.72. The largest absolute Gasteiger partial charge is 0.388 e. The first-order valence-corrected chi connectivity index (χ1v) is 4.97. The summed E-state index contributed by atoms with van der Waals surface area (Å²) in [5, 5.41) is 0. The third-order valence-electron chi connectivity index (χ3n) is 2.43. The minimum atomic E-state index is 0.397. The first-order chi connectivity index (χ1) is 6.27. The minimum Gasteiger partial charge on any atom is -0.388 e. The molecule has 1 aliphatic carbocycles. The highest BCUT2D eigenvalue weighted by Gasteiger charge is 2.11. The van der Waals surface area contributed by atoms with Crippen LogP contribution in [0.15, 0.2) is 12.1 Å². The fourth-order valence-corrected chi connectivity index (χ4v) is 1.83. The van der Waals surface area contributed by atoms with Gasteiger partial charge in [0.05, 0.1) is 5.69 Å². The highest BCUT2D eigenvalue weighted by molar-refractivity contribution is 7.80. The molecule has 0 atom stereocenters. The number of nitrogens with two attached hydrogens (primary N) is 1. The summed E-state index contributed by atoms with van der Waals surface area (Å²) in [6.45, 7) is 0. The van der Waals surface area contributed by atoms with Crippen LogP contribution in [0.5, 0.6) is 0 Å². The Morgan fingerprint density at radius 1 is 1.31 bits per heavy atom. The van der Waals surface area contributed by atoms with Gasteiger partial charge in [-0.2, -0.15) is 0 Å². The van der Waals surface area contributed by atoms with Gasteiger partial charge in [0.15, 0.2) is 0 Å². The number of pyridine rings is 1. The smallest absolute Gasteiger partial charge is 0.122 e. The van der Waals surface area contributed by atoms with Crippen molar-refractivity contribution in [1.82, 2.24) is 4.98 Å². The quantitative estimate of drug-likeness (QED) is 0.687. The molecule has 2 nitrogen and oxygen atoms in total. The zero-order chi connectivity index (χ0) is 9.26. The Hall–Kier alpha value is -0.960. The van der Waals surface area contributed by atoms with Crippen molar-refractivity contribution in [3.05, 3.63) is 29.1 Å². The van der Waals surface area contributed by atoms with E-state index in [1.165, 1.54) is 24.1 Å². The molecular weight excluding hydrogens is 180 g/mol. The molecule has 1 aliphatic rings. The molecule has 1 aromatic heterocycles. The monoisotopic (exact) mass is 192 g/mol. The van der Waals surface area contributed by atoms with E-state index >= 15 is 0 Å². The van der Waals surface area contributed by atoms with Crippen LogP contribution in [0.3, 0.4) is 0 Å². The third kappa shape index (κ3) is 1.70. The van der Waals surface area contributed by atoms with Crippen molar-refractivity contribution in [2.75, 3.05) is 0 Å². The van der Waals surface area contributed by atoms with Crippen molar-refractivity contribution in [3.8, 4) is 0 Å². The van der Waals surface area contributed by atoms with Gasteiger partial charge in [-0.15, -0.1) is 0 Å². The Balaban J connectivity index is 2.40. The molecule has 0 saturated heterocycles. The molecule has 3 heteroatoms. The molecule has 1 heterocycles. The van der Waals surface area contributed by atoms with Gasteiger partial charge in [-0.1, -0.05) is 18.3 Å². The topological polar surface area (TPSA) is 38.9 Å². The molecule has 0 unspecified atom stereocenters. The van der Waals surface area contributed by atoms with E-state index < -0.39 is 0 Å². The second-order valence-electron chi connectivity index (χ2n) is 3.37. The number of rotatable bonds is 1. The first kappa shape index (κ1) is 8.63. The third-order valence-corrected chi connectivity index (χ3v) is 2.64. The number of thiocarbonyl (C=S) groups is 1. The molecule has 13 heavy (non-hydrogen) atoms. The lowest BCUT2D eigenvalue weighted by molar-refractivity contribution is 0.667. The summed E-state index contributed by atoms with van der Waals surface area (Å²) in [6, 6.07) is 4.03. The zero-order valence-corrected chi connectivity index (χ0v) is 8.23. The second-order valence-corrected chi connectivity index (χ2v) is 3.81. The van der Waals surface area contributed by atoms with E-state index in [-0.39, 0.29) is 0 Å². The van der Waals surface area contributed by atoms with Gasteiger partial charge < -0.3 is 5.73 Å². The van der Waals surface area contributed by atoms with Crippen molar-refractivity contribution in [1.29, 1.82) is 0 Å². The predicted molar refractivity (Wildman–Crippen MR) is 56.8 cm³/mol. The summed E-state index contributed by atoms with van der Waals surface area (Å²) in [6.07, 6.45) is 4.74. The number of aromatic nitrogens is 1. The van der Waals surface area contributed by atoms with Crippen LogP contribution in [-0.2, 0) is 12.8 Å². The summed E-state index contributed by atoms with van der Waals surface area (Å²) in [7, 11) is 0. The van der Waals surface area contributed by atoms with Crippen molar-refractivity contribution < 1.29 is 0 Å². The average molecular weight is 192 g/mol. The van der Waals surface area contributed by atoms with Crippen LogP contribution >= 0.6 is 12.2 Å². The Morgan fingerprint density at radius 2 is 2.08 bits per heavy atom. The maximum absolute atomic E-state index is 5.52. The Morgan fingerprint density at radius 3 is 2.85 bits per heavy atom. The normalized spacial score (nSPS) is 15.1. The maximum atomic E-state index is 5.52. The first-order valence-electron chi connectivity index (χ1n) is 4.56. The molecule has 1 aromatic rings. The molecule has 0 radical (unpaired) electrons. The minimum absolute atomic E-state index is 0.397. The highest BCUT2D eigenvalue weighted by Crippen LogP contribution is 2.19. The number of aryl methyl sites for hydroxylation is 2. The number of hydrogen-bond acceptors (Lipinski definition) is 2. The summed E-state index contributed by atoms with van der Waals surface area (Å²) >= 11 is 4.88. The van der Waals surface area contributed by atoms with Crippen LogP contribution in [-0.4, -0.2) is 9.97 Å². The van der Waals surface area contributed by atoms with E-state index in [9.17, 15) is 0 Å². The molecule has 0 aromatic carbocycles. The van der Waals surface area contributed by atoms with Crippen LogP contribution in [0, 0.1) is 0 Å². The second kappa shape index (κ2) is 3.42. The molecule has 0 saturated carbocycles. The van der Waals surface area contributed by atoms with Crippen LogP contribution in [0.25, 0.3) is 0 Å². The molecule has 0 amide bonds. The highest BCUT2D eigenvalue weighted by atomic mass is 32.1. The van der Waals surface area contributed by atoms with Gasteiger partial charge in [0.2, 0.25) is 0 Å². The Kier molecular flexibility index (Phi) is 2.27. The number of hydrogen-bond donors (Lipinski definition) is 1. The van der Waals surface area contributed by atoms with E-state index in [1.54, 1.807) is 0 Å². The van der Waals surface area contributed by atoms with E-state index in [1.807, 2.05) is 6.07 Å². The lowest BCUT2D eigenvalue weighted by Crippen LogP contribution is -2.15. The van der Waals surface area contributed by atoms with Gasteiger partial charge in [-0.05, 0) is 37.3 Å². The van der Waals surface area contributed by atoms with Crippen molar-refractivity contribution in [2.24, 2.45) is 5.73 Å². The molecule has 2 rings (SSSR count). The van der Waals surface area contributed by atoms with E-state index in [2.05, 4.69) is 11.1 Å². The van der Waals surface area contributed by atoms with Crippen molar-refractivity contribution in [3.63, 3.8) is 0 Å². The summed E-state index contributed by atoms with van der Waals surface area (Å²) in [5.41, 5.74) is 8.83. The van der Waals surface area contributed by atoms with Gasteiger partial charge in [0.1, 0.15) is 4.99 Å². The van der Waals surface area contributed by atoms with Crippen LogP contribution < -0.4 is 5.73 Å². The molecule has 0 aliphatic heterocycles. The fraction of sp³-hybridized carbons (Fsp3) is 0.400. The van der Waals surface area contributed by atoms with Gasteiger partial charge >= 0.3 is 0 Å². The standard InChI is InChI=1S/C10H12N2S/c11-10(13)9-6-5-7-3-1-2-4-8(7)12-9/h5-6H,1-4H2,(H2,11,13). The van der Waals surface area contributed by atoms with Crippen molar-refractivity contribution >= 4 is 17.2 Å².